The Kier molecular flexibility index (Phi) is 4.47. The topological polar surface area (TPSA) is 0 Å². The minimum absolute atomic E-state index is 0.431. The van der Waals surface area contributed by atoms with E-state index in [-0.39, 0.29) is 0 Å². The van der Waals surface area contributed by atoms with Crippen molar-refractivity contribution >= 4 is 83.9 Å². The van der Waals surface area contributed by atoms with Crippen LogP contribution in [0.2, 0.25) is 26.2 Å². The maximum Gasteiger partial charge on any atom is 0.102 e. The SMILES string of the molecule is C[Si](C)c1cc2c(s1)-c1sc([Si](C)C)cc1[P+]2([S-])c1ccccc1. The minimum Gasteiger partial charge on any atom is -0.540 e. The number of hydrogen-bond acceptors (Lipinski definition) is 3. The van der Waals surface area contributed by atoms with Crippen LogP contribution in [0.1, 0.15) is 0 Å². The fourth-order valence-electron chi connectivity index (χ4n) is 3.09. The third-order valence-corrected chi connectivity index (χ3v) is 17.0. The van der Waals surface area contributed by atoms with Gasteiger partial charge in [0.1, 0.15) is 10.6 Å². The van der Waals surface area contributed by atoms with Gasteiger partial charge >= 0.3 is 0 Å². The van der Waals surface area contributed by atoms with Crippen molar-refractivity contribution in [3.8, 4) is 9.75 Å². The number of hydrogen-bond donors (Lipinski definition) is 0. The van der Waals surface area contributed by atoms with E-state index in [1.165, 1.54) is 25.7 Å². The molecule has 6 heteroatoms. The summed E-state index contributed by atoms with van der Waals surface area (Å²) < 4.78 is 3.16. The van der Waals surface area contributed by atoms with Crippen LogP contribution in [-0.2, 0) is 12.2 Å². The zero-order chi connectivity index (χ0) is 17.1. The summed E-state index contributed by atoms with van der Waals surface area (Å²) in [6.07, 6.45) is 0. The van der Waals surface area contributed by atoms with Gasteiger partial charge in [0.25, 0.3) is 0 Å². The van der Waals surface area contributed by atoms with Crippen molar-refractivity contribution in [1.29, 1.82) is 0 Å². The first-order valence-electron chi connectivity index (χ1n) is 7.99. The lowest BCUT2D eigenvalue weighted by Crippen LogP contribution is -2.28. The highest BCUT2D eigenvalue weighted by Gasteiger charge is 2.46. The maximum atomic E-state index is 6.49. The molecule has 3 aromatic rings. The number of rotatable bonds is 3. The van der Waals surface area contributed by atoms with Crippen molar-refractivity contribution in [2.75, 3.05) is 0 Å². The standard InChI is InChI=1S/C18H19PS3Si2/c1-23(2)15-10-13-17(21-15)18-14(11-16(22-18)24(3)4)19(13,20)12-8-6-5-7-9-12/h5-11H,1-4H3. The largest absolute Gasteiger partial charge is 0.540 e. The molecule has 1 aromatic carbocycles. The molecule has 0 bridgehead atoms. The predicted molar refractivity (Wildman–Crippen MR) is 121 cm³/mol. The van der Waals surface area contributed by atoms with Gasteiger partial charge in [-0.3, -0.25) is 0 Å². The maximum absolute atomic E-state index is 6.49. The van der Waals surface area contributed by atoms with Crippen molar-refractivity contribution in [3.63, 3.8) is 0 Å². The minimum atomic E-state index is -1.85. The van der Waals surface area contributed by atoms with Gasteiger partial charge in [0.15, 0.2) is 0 Å². The normalized spacial score (nSPS) is 15.1. The summed E-state index contributed by atoms with van der Waals surface area (Å²) in [5.74, 6) is 0. The van der Waals surface area contributed by atoms with Gasteiger partial charge in [-0.25, -0.2) is 0 Å². The second kappa shape index (κ2) is 6.22. The lowest BCUT2D eigenvalue weighted by atomic mass is 10.4. The molecule has 1 aliphatic heterocycles. The number of thiophene rings is 2. The van der Waals surface area contributed by atoms with Crippen molar-refractivity contribution in [2.45, 2.75) is 26.2 Å². The van der Waals surface area contributed by atoms with Crippen LogP contribution in [0.5, 0.6) is 0 Å². The van der Waals surface area contributed by atoms with Crippen LogP contribution < -0.4 is 24.9 Å². The smallest absolute Gasteiger partial charge is 0.102 e. The van der Waals surface area contributed by atoms with Crippen molar-refractivity contribution < 1.29 is 0 Å². The van der Waals surface area contributed by atoms with E-state index >= 15 is 0 Å². The zero-order valence-corrected chi connectivity index (χ0v) is 19.6. The zero-order valence-electron chi connectivity index (χ0n) is 14.2. The second-order valence-corrected chi connectivity index (χ2v) is 18.8. The molecular weight excluding hydrogens is 400 g/mol. The second-order valence-electron chi connectivity index (χ2n) is 6.59. The van der Waals surface area contributed by atoms with Gasteiger partial charge < -0.3 is 12.2 Å². The summed E-state index contributed by atoms with van der Waals surface area (Å²) in [6, 6.07) is 15.8. The summed E-state index contributed by atoms with van der Waals surface area (Å²) in [6.45, 7) is 7.69. The predicted octanol–water partition coefficient (Wildman–Crippen LogP) is 3.47. The van der Waals surface area contributed by atoms with Gasteiger partial charge in [-0.1, -0.05) is 44.4 Å². The molecule has 3 heterocycles. The van der Waals surface area contributed by atoms with E-state index in [0.29, 0.717) is 0 Å². The Balaban J connectivity index is 2.01. The summed E-state index contributed by atoms with van der Waals surface area (Å²) >= 11 is 10.5. The van der Waals surface area contributed by atoms with Crippen LogP contribution in [0, 0.1) is 0 Å². The average Bonchev–Trinajstić information content (AvgIpc) is 3.23. The van der Waals surface area contributed by atoms with Crippen LogP contribution in [0.3, 0.4) is 0 Å². The fraction of sp³-hybridized carbons (Fsp3) is 0.222. The van der Waals surface area contributed by atoms with Gasteiger partial charge in [-0.15, -0.1) is 22.7 Å². The van der Waals surface area contributed by atoms with E-state index in [1.807, 2.05) is 22.7 Å². The molecule has 0 nitrogen and oxygen atoms in total. The van der Waals surface area contributed by atoms with E-state index in [9.17, 15) is 0 Å². The van der Waals surface area contributed by atoms with Gasteiger partial charge in [-0.2, -0.15) is 0 Å². The highest BCUT2D eigenvalue weighted by Crippen LogP contribution is 2.62. The number of fused-ring (bicyclic) bond motifs is 3. The Morgan fingerprint density at radius 2 is 1.25 bits per heavy atom. The molecule has 0 aliphatic carbocycles. The van der Waals surface area contributed by atoms with Gasteiger partial charge in [0.05, 0.1) is 32.7 Å². The monoisotopic (exact) mass is 418 g/mol. The molecule has 0 atom stereocenters. The first kappa shape index (κ1) is 17.3. The Labute approximate surface area is 161 Å². The van der Waals surface area contributed by atoms with Crippen LogP contribution in [0.25, 0.3) is 9.75 Å². The lowest BCUT2D eigenvalue weighted by molar-refractivity contribution is 1.77. The molecular formula is C18H19PS3Si2. The van der Waals surface area contributed by atoms with Gasteiger partial charge in [0, 0.05) is 0 Å². The van der Waals surface area contributed by atoms with Gasteiger partial charge in [0.2, 0.25) is 0 Å². The van der Waals surface area contributed by atoms with Crippen molar-refractivity contribution in [2.24, 2.45) is 0 Å². The van der Waals surface area contributed by atoms with Crippen LogP contribution in [0.4, 0.5) is 0 Å². The quantitative estimate of drug-likeness (QED) is 0.357. The molecule has 24 heavy (non-hydrogen) atoms. The van der Waals surface area contributed by atoms with E-state index in [1.54, 1.807) is 9.00 Å². The van der Waals surface area contributed by atoms with Crippen LogP contribution in [-0.4, -0.2) is 17.6 Å². The van der Waals surface area contributed by atoms with Crippen LogP contribution in [0.15, 0.2) is 42.5 Å². The molecule has 1 aliphatic rings. The Morgan fingerprint density at radius 1 is 0.792 bits per heavy atom. The summed E-state index contributed by atoms with van der Waals surface area (Å²) in [4.78, 5) is 3.00. The Bertz CT molecular complexity index is 844. The lowest BCUT2D eigenvalue weighted by Gasteiger charge is -2.28. The third-order valence-electron chi connectivity index (χ3n) is 4.42. The first-order chi connectivity index (χ1) is 11.4. The Morgan fingerprint density at radius 3 is 1.67 bits per heavy atom. The highest BCUT2D eigenvalue weighted by molar-refractivity contribution is 8.52. The highest BCUT2D eigenvalue weighted by atomic mass is 32.7. The molecule has 2 radical (unpaired) electrons. The summed E-state index contributed by atoms with van der Waals surface area (Å²) in [5.41, 5.74) is 0. The molecule has 4 rings (SSSR count). The molecule has 0 saturated carbocycles. The summed E-state index contributed by atoms with van der Waals surface area (Å²) in [5, 5.41) is 4.31. The average molecular weight is 419 g/mol. The molecule has 0 amide bonds. The fourth-order valence-corrected chi connectivity index (χ4v) is 14.0. The molecule has 2 aromatic heterocycles. The molecule has 0 unspecified atom stereocenters. The van der Waals surface area contributed by atoms with E-state index in [2.05, 4.69) is 68.7 Å². The molecule has 0 saturated heterocycles. The molecule has 0 N–H and O–H groups in total. The molecule has 0 fully saturated rings. The number of benzene rings is 1. The summed E-state index contributed by atoms with van der Waals surface area (Å²) in [7, 11) is -0.861. The molecule has 0 spiro atoms. The first-order valence-corrected chi connectivity index (χ1v) is 17.4. The van der Waals surface area contributed by atoms with Crippen molar-refractivity contribution in [1.82, 2.24) is 0 Å². The van der Waals surface area contributed by atoms with Gasteiger partial charge in [-0.05, 0) is 39.7 Å². The third kappa shape index (κ3) is 2.48. The van der Waals surface area contributed by atoms with E-state index < -0.39 is 24.1 Å². The van der Waals surface area contributed by atoms with E-state index in [4.69, 9.17) is 12.2 Å². The van der Waals surface area contributed by atoms with Crippen molar-refractivity contribution in [3.05, 3.63) is 42.5 Å². The molecule has 122 valence electrons. The van der Waals surface area contributed by atoms with Crippen LogP contribution >= 0.6 is 29.1 Å². The Hall–Kier alpha value is -0.166. The van der Waals surface area contributed by atoms with E-state index in [0.717, 1.165) is 0 Å².